The molecule has 0 bridgehead atoms. The molecule has 0 radical (unpaired) electrons. The summed E-state index contributed by atoms with van der Waals surface area (Å²) in [4.78, 5) is 30.4. The minimum Gasteiger partial charge on any atom is -0.321 e. The van der Waals surface area contributed by atoms with Gasteiger partial charge in [0.05, 0.1) is 0 Å². The summed E-state index contributed by atoms with van der Waals surface area (Å²) >= 11 is 0. The zero-order valence-electron chi connectivity index (χ0n) is 11.8. The van der Waals surface area contributed by atoms with Gasteiger partial charge in [0.15, 0.2) is 0 Å². The predicted octanol–water partition coefficient (Wildman–Crippen LogP) is 2.20. The highest BCUT2D eigenvalue weighted by molar-refractivity contribution is 6.04. The number of benzene rings is 1. The Kier molecular flexibility index (Phi) is 3.98. The lowest BCUT2D eigenvalue weighted by atomic mass is 10.1. The molecule has 0 spiro atoms. The molecule has 5 heteroatoms. The molecule has 1 aromatic carbocycles. The lowest BCUT2D eigenvalue weighted by Crippen LogP contribution is -2.25. The molecule has 0 fully saturated rings. The topological polar surface area (TPSA) is 74.8 Å². The van der Waals surface area contributed by atoms with Crippen molar-refractivity contribution in [2.75, 3.05) is 5.32 Å². The number of nitrogens with zero attached hydrogens (tertiary/aromatic N) is 1. The number of amides is 1. The van der Waals surface area contributed by atoms with Crippen LogP contribution in [0.3, 0.4) is 0 Å². The average molecular weight is 271 g/mol. The number of anilines is 1. The van der Waals surface area contributed by atoms with E-state index in [4.69, 9.17) is 0 Å². The standard InChI is InChI=1S/C15H17N3O2/c1-4-11-7-5-6-9(2)13(11)18-15(20)12-8-16-10(3)17-14(12)19/h5-8H,4H2,1-3H3,(H,18,20)(H,16,17,19). The third kappa shape index (κ3) is 2.77. The van der Waals surface area contributed by atoms with Gasteiger partial charge < -0.3 is 10.3 Å². The number of hydrogen-bond donors (Lipinski definition) is 2. The van der Waals surface area contributed by atoms with Crippen molar-refractivity contribution in [2.45, 2.75) is 27.2 Å². The maximum absolute atomic E-state index is 12.2. The van der Waals surface area contributed by atoms with Crippen LogP contribution in [0, 0.1) is 13.8 Å². The monoisotopic (exact) mass is 271 g/mol. The highest BCUT2D eigenvalue weighted by atomic mass is 16.2. The summed E-state index contributed by atoms with van der Waals surface area (Å²) in [5, 5.41) is 2.81. The summed E-state index contributed by atoms with van der Waals surface area (Å²) in [5.74, 6) is 0.0411. The van der Waals surface area contributed by atoms with Crippen LogP contribution >= 0.6 is 0 Å². The molecular weight excluding hydrogens is 254 g/mol. The maximum Gasteiger partial charge on any atom is 0.263 e. The Morgan fingerprint density at radius 2 is 2.10 bits per heavy atom. The molecule has 0 aliphatic heterocycles. The quantitative estimate of drug-likeness (QED) is 0.898. The van der Waals surface area contributed by atoms with E-state index in [0.717, 1.165) is 23.2 Å². The number of nitrogens with one attached hydrogen (secondary N) is 2. The van der Waals surface area contributed by atoms with Crippen LogP contribution in [-0.4, -0.2) is 15.9 Å². The first-order valence-electron chi connectivity index (χ1n) is 6.48. The summed E-state index contributed by atoms with van der Waals surface area (Å²) in [6.45, 7) is 5.61. The molecule has 20 heavy (non-hydrogen) atoms. The molecule has 0 atom stereocenters. The fourth-order valence-corrected chi connectivity index (χ4v) is 2.03. The molecule has 0 saturated carbocycles. The van der Waals surface area contributed by atoms with E-state index in [0.29, 0.717) is 5.82 Å². The van der Waals surface area contributed by atoms with Crippen molar-refractivity contribution < 1.29 is 4.79 Å². The first kappa shape index (κ1) is 14.0. The Morgan fingerprint density at radius 1 is 1.35 bits per heavy atom. The van der Waals surface area contributed by atoms with Crippen molar-refractivity contribution >= 4 is 11.6 Å². The van der Waals surface area contributed by atoms with Gasteiger partial charge in [0.25, 0.3) is 11.5 Å². The van der Waals surface area contributed by atoms with Crippen molar-refractivity contribution in [1.82, 2.24) is 9.97 Å². The third-order valence-electron chi connectivity index (χ3n) is 3.15. The molecule has 1 heterocycles. The van der Waals surface area contributed by atoms with Gasteiger partial charge in [0.2, 0.25) is 0 Å². The van der Waals surface area contributed by atoms with Crippen LogP contribution in [0.1, 0.15) is 34.2 Å². The Hall–Kier alpha value is -2.43. The zero-order valence-corrected chi connectivity index (χ0v) is 11.8. The summed E-state index contributed by atoms with van der Waals surface area (Å²) in [5.41, 5.74) is 2.35. The highest BCUT2D eigenvalue weighted by Crippen LogP contribution is 2.21. The molecule has 5 nitrogen and oxygen atoms in total. The molecule has 1 aromatic heterocycles. The largest absolute Gasteiger partial charge is 0.321 e. The van der Waals surface area contributed by atoms with Gasteiger partial charge in [-0.2, -0.15) is 0 Å². The van der Waals surface area contributed by atoms with Crippen molar-refractivity contribution in [3.63, 3.8) is 0 Å². The first-order valence-corrected chi connectivity index (χ1v) is 6.48. The number of aromatic amines is 1. The van der Waals surface area contributed by atoms with Crippen LogP contribution in [0.5, 0.6) is 0 Å². The number of carbonyl (C=O) groups is 1. The lowest BCUT2D eigenvalue weighted by Gasteiger charge is -2.12. The molecule has 0 aliphatic rings. The second-order valence-electron chi connectivity index (χ2n) is 4.63. The van der Waals surface area contributed by atoms with E-state index in [-0.39, 0.29) is 5.56 Å². The van der Waals surface area contributed by atoms with Gasteiger partial charge in [0.1, 0.15) is 11.4 Å². The molecule has 1 amide bonds. The van der Waals surface area contributed by atoms with Crippen LogP contribution in [0.15, 0.2) is 29.2 Å². The number of aryl methyl sites for hydroxylation is 3. The van der Waals surface area contributed by atoms with Gasteiger partial charge in [-0.25, -0.2) is 4.98 Å². The lowest BCUT2D eigenvalue weighted by molar-refractivity contribution is 0.102. The van der Waals surface area contributed by atoms with E-state index in [1.54, 1.807) is 6.92 Å². The van der Waals surface area contributed by atoms with Gasteiger partial charge in [-0.1, -0.05) is 25.1 Å². The summed E-state index contributed by atoms with van der Waals surface area (Å²) in [7, 11) is 0. The number of rotatable bonds is 3. The van der Waals surface area contributed by atoms with Crippen molar-refractivity contribution in [2.24, 2.45) is 0 Å². The fourth-order valence-electron chi connectivity index (χ4n) is 2.03. The van der Waals surface area contributed by atoms with Crippen LogP contribution in [0.25, 0.3) is 0 Å². The molecular formula is C15H17N3O2. The van der Waals surface area contributed by atoms with Gasteiger partial charge >= 0.3 is 0 Å². The van der Waals surface area contributed by atoms with E-state index in [1.165, 1.54) is 6.20 Å². The van der Waals surface area contributed by atoms with Crippen LogP contribution in [0.2, 0.25) is 0 Å². The minimum absolute atomic E-state index is 0.0147. The Balaban J connectivity index is 2.35. The van der Waals surface area contributed by atoms with Gasteiger partial charge in [-0.15, -0.1) is 0 Å². The van der Waals surface area contributed by atoms with Crippen LogP contribution < -0.4 is 10.9 Å². The highest BCUT2D eigenvalue weighted by Gasteiger charge is 2.14. The SMILES string of the molecule is CCc1cccc(C)c1NC(=O)c1cnc(C)[nH]c1=O. The Bertz CT molecular complexity index is 705. The molecule has 0 saturated heterocycles. The number of aromatic nitrogens is 2. The van der Waals surface area contributed by atoms with E-state index in [9.17, 15) is 9.59 Å². The second-order valence-corrected chi connectivity index (χ2v) is 4.63. The predicted molar refractivity (Wildman–Crippen MR) is 78.1 cm³/mol. The number of para-hydroxylation sites is 1. The van der Waals surface area contributed by atoms with Gasteiger partial charge in [0, 0.05) is 11.9 Å². The number of hydrogen-bond acceptors (Lipinski definition) is 3. The normalized spacial score (nSPS) is 10.3. The molecule has 104 valence electrons. The fraction of sp³-hybridized carbons (Fsp3) is 0.267. The Morgan fingerprint density at radius 3 is 2.75 bits per heavy atom. The van der Waals surface area contributed by atoms with Crippen LogP contribution in [0.4, 0.5) is 5.69 Å². The van der Waals surface area contributed by atoms with Crippen molar-refractivity contribution in [3.05, 3.63) is 57.3 Å². The van der Waals surface area contributed by atoms with E-state index < -0.39 is 11.5 Å². The maximum atomic E-state index is 12.2. The minimum atomic E-state index is -0.442. The second kappa shape index (κ2) is 5.69. The summed E-state index contributed by atoms with van der Waals surface area (Å²) in [6, 6.07) is 5.83. The van der Waals surface area contributed by atoms with Crippen LogP contribution in [-0.2, 0) is 6.42 Å². The molecule has 2 N–H and O–H groups in total. The zero-order chi connectivity index (χ0) is 14.7. The van der Waals surface area contributed by atoms with E-state index in [1.807, 2.05) is 32.0 Å². The Labute approximate surface area is 117 Å². The van der Waals surface area contributed by atoms with Gasteiger partial charge in [-0.3, -0.25) is 9.59 Å². The smallest absolute Gasteiger partial charge is 0.263 e. The average Bonchev–Trinajstić information content (AvgIpc) is 2.40. The summed E-state index contributed by atoms with van der Waals surface area (Å²) < 4.78 is 0. The van der Waals surface area contributed by atoms with Crippen molar-refractivity contribution in [1.29, 1.82) is 0 Å². The van der Waals surface area contributed by atoms with Crippen molar-refractivity contribution in [3.8, 4) is 0 Å². The summed E-state index contributed by atoms with van der Waals surface area (Å²) in [6.07, 6.45) is 2.10. The molecule has 0 aliphatic carbocycles. The first-order chi connectivity index (χ1) is 9.52. The number of H-pyrrole nitrogens is 1. The molecule has 0 unspecified atom stereocenters. The molecule has 2 rings (SSSR count). The molecule has 2 aromatic rings. The third-order valence-corrected chi connectivity index (χ3v) is 3.15. The van der Waals surface area contributed by atoms with E-state index >= 15 is 0 Å². The van der Waals surface area contributed by atoms with Gasteiger partial charge in [-0.05, 0) is 31.4 Å². The van der Waals surface area contributed by atoms with E-state index in [2.05, 4.69) is 15.3 Å². The number of carbonyl (C=O) groups excluding carboxylic acids is 1.